The lowest BCUT2D eigenvalue weighted by atomic mass is 9.91. The van der Waals surface area contributed by atoms with Gasteiger partial charge in [0, 0.05) is 18.8 Å². The Bertz CT molecular complexity index is 653. The molecular weight excluding hydrogens is 338 g/mol. The molecule has 0 spiro atoms. The molecule has 1 fully saturated rings. The first-order valence-corrected chi connectivity index (χ1v) is 9.60. The first kappa shape index (κ1) is 17.8. The molecule has 1 saturated heterocycles. The Kier molecular flexibility index (Phi) is 6.36. The van der Waals surface area contributed by atoms with Crippen LogP contribution in [-0.4, -0.2) is 34.7 Å². The second kappa shape index (κ2) is 8.92. The van der Waals surface area contributed by atoms with Gasteiger partial charge in [-0.1, -0.05) is 24.1 Å². The van der Waals surface area contributed by atoms with Crippen molar-refractivity contribution in [1.82, 2.24) is 9.29 Å². The predicted octanol–water partition coefficient (Wildman–Crippen LogP) is 3.96. The Morgan fingerprint density at radius 1 is 1.36 bits per heavy atom. The Morgan fingerprint density at radius 2 is 2.12 bits per heavy atom. The highest BCUT2D eigenvalue weighted by atomic mass is 32.2. The molecule has 1 amide bonds. The molecule has 0 unspecified atom stereocenters. The first-order valence-electron chi connectivity index (χ1n) is 8.42. The molecule has 1 aromatic carbocycles. The summed E-state index contributed by atoms with van der Waals surface area (Å²) in [4.78, 5) is 15.5. The third-order valence-corrected chi connectivity index (χ3v) is 5.27. The van der Waals surface area contributed by atoms with Crippen LogP contribution >= 0.6 is 11.9 Å². The molecule has 0 radical (unpaired) electrons. The van der Waals surface area contributed by atoms with Gasteiger partial charge in [-0.3, -0.25) is 9.62 Å². The second-order valence-electron chi connectivity index (χ2n) is 6.12. The van der Waals surface area contributed by atoms with Crippen molar-refractivity contribution in [2.24, 2.45) is 5.92 Å². The molecule has 1 aromatic heterocycles. The number of amides is 1. The molecule has 0 bridgehead atoms. The van der Waals surface area contributed by atoms with Gasteiger partial charge in [-0.15, -0.1) is 0 Å². The van der Waals surface area contributed by atoms with E-state index in [1.165, 1.54) is 44.1 Å². The van der Waals surface area contributed by atoms with E-state index in [4.69, 9.17) is 9.15 Å². The highest BCUT2D eigenvalue weighted by Gasteiger charge is 2.18. The number of carbonyl (C=O) groups excluding carboxylic acids is 1. The first-order chi connectivity index (χ1) is 12.2. The Labute approximate surface area is 152 Å². The number of anilines is 1. The number of oxazole rings is 1. The van der Waals surface area contributed by atoms with Crippen LogP contribution in [0.2, 0.25) is 0 Å². The van der Waals surface area contributed by atoms with Gasteiger partial charge in [-0.2, -0.15) is 0 Å². The summed E-state index contributed by atoms with van der Waals surface area (Å²) in [5.41, 5.74) is 2.03. The van der Waals surface area contributed by atoms with Gasteiger partial charge in [0.15, 0.2) is 18.8 Å². The van der Waals surface area contributed by atoms with Gasteiger partial charge in [-0.25, -0.2) is 9.78 Å². The molecule has 6 nitrogen and oxygen atoms in total. The van der Waals surface area contributed by atoms with Crippen molar-refractivity contribution in [3.05, 3.63) is 48.2 Å². The van der Waals surface area contributed by atoms with Crippen LogP contribution in [0.3, 0.4) is 0 Å². The van der Waals surface area contributed by atoms with Crippen molar-refractivity contribution >= 4 is 23.7 Å². The van der Waals surface area contributed by atoms with Crippen LogP contribution in [0.4, 0.5) is 10.5 Å². The number of piperidine rings is 1. The highest BCUT2D eigenvalue weighted by molar-refractivity contribution is 7.96. The standard InChI is InChI=1S/C18H23N3O3S/c1-25-21-8-6-15(7-9-21)10-14-2-4-16(5-3-14)20-18(22)23-12-17-11-19-13-24-17/h2-5,11,13,15H,6-10,12H2,1H3,(H,20,22). The topological polar surface area (TPSA) is 67.6 Å². The summed E-state index contributed by atoms with van der Waals surface area (Å²) in [5.74, 6) is 1.26. The summed E-state index contributed by atoms with van der Waals surface area (Å²) in [7, 11) is 0. The maximum absolute atomic E-state index is 11.8. The van der Waals surface area contributed by atoms with Crippen LogP contribution in [0, 0.1) is 5.92 Å². The minimum Gasteiger partial charge on any atom is -0.445 e. The lowest BCUT2D eigenvalue weighted by Gasteiger charge is -2.30. The number of hydrogen-bond acceptors (Lipinski definition) is 6. The quantitative estimate of drug-likeness (QED) is 0.786. The molecule has 3 rings (SSSR count). The fourth-order valence-electron chi connectivity index (χ4n) is 2.96. The molecule has 25 heavy (non-hydrogen) atoms. The van der Waals surface area contributed by atoms with Gasteiger partial charge in [0.2, 0.25) is 0 Å². The van der Waals surface area contributed by atoms with Crippen molar-refractivity contribution in [2.45, 2.75) is 25.9 Å². The van der Waals surface area contributed by atoms with E-state index in [0.717, 1.165) is 18.0 Å². The van der Waals surface area contributed by atoms with Crippen LogP contribution in [0.25, 0.3) is 0 Å². The Balaban J connectivity index is 1.43. The van der Waals surface area contributed by atoms with Gasteiger partial charge in [0.1, 0.15) is 0 Å². The monoisotopic (exact) mass is 361 g/mol. The molecule has 0 aliphatic carbocycles. The minimum atomic E-state index is -0.506. The number of hydrogen-bond donors (Lipinski definition) is 1. The number of ether oxygens (including phenoxy) is 1. The summed E-state index contributed by atoms with van der Waals surface area (Å²) >= 11 is 1.84. The normalized spacial score (nSPS) is 15.9. The van der Waals surface area contributed by atoms with E-state index in [-0.39, 0.29) is 6.61 Å². The van der Waals surface area contributed by atoms with E-state index in [0.29, 0.717) is 5.76 Å². The zero-order valence-corrected chi connectivity index (χ0v) is 15.1. The molecule has 2 heterocycles. The lowest BCUT2D eigenvalue weighted by Crippen LogP contribution is -2.29. The smallest absolute Gasteiger partial charge is 0.412 e. The van der Waals surface area contributed by atoms with E-state index in [1.54, 1.807) is 0 Å². The summed E-state index contributed by atoms with van der Waals surface area (Å²) in [6.45, 7) is 2.41. The molecule has 1 aliphatic heterocycles. The minimum absolute atomic E-state index is 0.0681. The van der Waals surface area contributed by atoms with Crippen molar-refractivity contribution in [2.75, 3.05) is 24.7 Å². The van der Waals surface area contributed by atoms with E-state index in [1.807, 2.05) is 24.1 Å². The lowest BCUT2D eigenvalue weighted by molar-refractivity contribution is 0.146. The molecule has 2 aromatic rings. The van der Waals surface area contributed by atoms with Crippen LogP contribution in [0.1, 0.15) is 24.2 Å². The second-order valence-corrected chi connectivity index (χ2v) is 7.01. The van der Waals surface area contributed by atoms with Gasteiger partial charge < -0.3 is 9.15 Å². The predicted molar refractivity (Wildman–Crippen MR) is 98.3 cm³/mol. The van der Waals surface area contributed by atoms with Crippen LogP contribution in [0.5, 0.6) is 0 Å². The van der Waals surface area contributed by atoms with Gasteiger partial charge in [0.05, 0.1) is 6.20 Å². The maximum Gasteiger partial charge on any atom is 0.412 e. The van der Waals surface area contributed by atoms with E-state index >= 15 is 0 Å². The van der Waals surface area contributed by atoms with E-state index in [9.17, 15) is 4.79 Å². The molecule has 7 heteroatoms. The number of nitrogens with zero attached hydrogens (tertiary/aromatic N) is 2. The summed E-state index contributed by atoms with van der Waals surface area (Å²) < 4.78 is 12.5. The van der Waals surface area contributed by atoms with Crippen LogP contribution < -0.4 is 5.32 Å². The molecule has 134 valence electrons. The summed E-state index contributed by atoms with van der Waals surface area (Å²) in [5, 5.41) is 2.72. The van der Waals surface area contributed by atoms with Crippen molar-refractivity contribution in [3.63, 3.8) is 0 Å². The average Bonchev–Trinajstić information content (AvgIpc) is 3.16. The number of aromatic nitrogens is 1. The van der Waals surface area contributed by atoms with E-state index in [2.05, 4.69) is 33.0 Å². The number of nitrogens with one attached hydrogen (secondary N) is 1. The third-order valence-electron chi connectivity index (χ3n) is 4.39. The number of rotatable bonds is 6. The average molecular weight is 361 g/mol. The fraction of sp³-hybridized carbons (Fsp3) is 0.444. The molecular formula is C18H23N3O3S. The molecule has 0 saturated carbocycles. The number of benzene rings is 1. The van der Waals surface area contributed by atoms with Crippen molar-refractivity contribution in [3.8, 4) is 0 Å². The van der Waals surface area contributed by atoms with Crippen molar-refractivity contribution in [1.29, 1.82) is 0 Å². The van der Waals surface area contributed by atoms with Crippen LogP contribution in [-0.2, 0) is 17.8 Å². The fourth-order valence-corrected chi connectivity index (χ4v) is 3.53. The molecule has 1 aliphatic rings. The zero-order chi connectivity index (χ0) is 17.5. The Hall–Kier alpha value is -1.99. The zero-order valence-electron chi connectivity index (χ0n) is 14.3. The third kappa shape index (κ3) is 5.51. The summed E-state index contributed by atoms with van der Waals surface area (Å²) in [6, 6.07) is 7.99. The number of carbonyl (C=O) groups is 1. The highest BCUT2D eigenvalue weighted by Crippen LogP contribution is 2.25. The maximum atomic E-state index is 11.8. The molecule has 0 atom stereocenters. The SMILES string of the molecule is CSN1CCC(Cc2ccc(NC(=O)OCc3cnco3)cc2)CC1. The largest absolute Gasteiger partial charge is 0.445 e. The molecule has 1 N–H and O–H groups in total. The Morgan fingerprint density at radius 3 is 2.76 bits per heavy atom. The van der Waals surface area contributed by atoms with Gasteiger partial charge in [0.25, 0.3) is 0 Å². The van der Waals surface area contributed by atoms with Gasteiger partial charge in [-0.05, 0) is 49.1 Å². The van der Waals surface area contributed by atoms with Crippen molar-refractivity contribution < 1.29 is 13.9 Å². The summed E-state index contributed by atoms with van der Waals surface area (Å²) in [6.07, 6.45) is 8.05. The van der Waals surface area contributed by atoms with Crippen LogP contribution in [0.15, 0.2) is 41.3 Å². The van der Waals surface area contributed by atoms with Gasteiger partial charge >= 0.3 is 6.09 Å². The van der Waals surface area contributed by atoms with E-state index < -0.39 is 6.09 Å².